The Bertz CT molecular complexity index is 319. The van der Waals surface area contributed by atoms with Crippen LogP contribution in [0.4, 0.5) is 0 Å². The molecular formula is C11H19N3O. The van der Waals surface area contributed by atoms with Crippen LogP contribution in [0.25, 0.3) is 0 Å². The first kappa shape index (κ1) is 10.6. The van der Waals surface area contributed by atoms with E-state index >= 15 is 0 Å². The van der Waals surface area contributed by atoms with Gasteiger partial charge in [0.2, 0.25) is 0 Å². The Morgan fingerprint density at radius 1 is 1.67 bits per heavy atom. The lowest BCUT2D eigenvalue weighted by Gasteiger charge is -2.18. The summed E-state index contributed by atoms with van der Waals surface area (Å²) in [5, 5.41) is 9.04. The lowest BCUT2D eigenvalue weighted by molar-refractivity contribution is 0.261. The average molecular weight is 209 g/mol. The van der Waals surface area contributed by atoms with Gasteiger partial charge in [0.1, 0.15) is 0 Å². The molecule has 1 saturated carbocycles. The number of aliphatic hydroxyl groups is 1. The van der Waals surface area contributed by atoms with E-state index in [9.17, 15) is 0 Å². The van der Waals surface area contributed by atoms with Gasteiger partial charge in [0.15, 0.2) is 0 Å². The molecule has 1 heterocycles. The number of nitrogens with zero attached hydrogens (tertiary/aromatic N) is 2. The molecule has 0 spiro atoms. The van der Waals surface area contributed by atoms with Gasteiger partial charge < -0.3 is 15.4 Å². The molecule has 0 saturated heterocycles. The van der Waals surface area contributed by atoms with Crippen molar-refractivity contribution >= 4 is 0 Å². The highest BCUT2D eigenvalue weighted by Crippen LogP contribution is 2.37. The van der Waals surface area contributed by atoms with Gasteiger partial charge in [0.05, 0.1) is 24.7 Å². The Labute approximate surface area is 90.1 Å². The van der Waals surface area contributed by atoms with Crippen molar-refractivity contribution in [2.45, 2.75) is 38.3 Å². The standard InChI is InChI=1S/C11H19N3O/c1-8(4-9-2-3-9)14-7-13-5-11(14)10(12)6-15/h5,7-10,15H,2-4,6,12H2,1H3. The van der Waals surface area contributed by atoms with Gasteiger partial charge >= 0.3 is 0 Å². The minimum absolute atomic E-state index is 0.0260. The molecule has 2 rings (SSSR count). The molecule has 0 radical (unpaired) electrons. The number of imidazole rings is 1. The first-order chi connectivity index (χ1) is 7.22. The van der Waals surface area contributed by atoms with Crippen LogP contribution in [0, 0.1) is 5.92 Å². The van der Waals surface area contributed by atoms with E-state index in [0.29, 0.717) is 6.04 Å². The summed E-state index contributed by atoms with van der Waals surface area (Å²) >= 11 is 0. The molecule has 3 N–H and O–H groups in total. The van der Waals surface area contributed by atoms with Crippen LogP contribution >= 0.6 is 0 Å². The Kier molecular flexibility index (Phi) is 3.07. The lowest BCUT2D eigenvalue weighted by Crippen LogP contribution is -2.20. The molecule has 0 bridgehead atoms. The van der Waals surface area contributed by atoms with Crippen LogP contribution < -0.4 is 5.73 Å². The lowest BCUT2D eigenvalue weighted by atomic mass is 10.1. The Balaban J connectivity index is 2.08. The van der Waals surface area contributed by atoms with E-state index in [1.165, 1.54) is 19.3 Å². The van der Waals surface area contributed by atoms with Crippen LogP contribution in [0.2, 0.25) is 0 Å². The van der Waals surface area contributed by atoms with Gasteiger partial charge in [-0.3, -0.25) is 0 Å². The van der Waals surface area contributed by atoms with Gasteiger partial charge in [-0.25, -0.2) is 4.98 Å². The predicted molar refractivity (Wildman–Crippen MR) is 58.3 cm³/mol. The summed E-state index contributed by atoms with van der Waals surface area (Å²) in [6.45, 7) is 2.16. The van der Waals surface area contributed by atoms with E-state index in [4.69, 9.17) is 10.8 Å². The zero-order chi connectivity index (χ0) is 10.8. The van der Waals surface area contributed by atoms with Crippen molar-refractivity contribution in [1.29, 1.82) is 0 Å². The zero-order valence-corrected chi connectivity index (χ0v) is 9.13. The molecule has 1 aliphatic rings. The third kappa shape index (κ3) is 2.38. The van der Waals surface area contributed by atoms with Crippen molar-refractivity contribution in [1.82, 2.24) is 9.55 Å². The fourth-order valence-electron chi connectivity index (χ4n) is 2.01. The number of aromatic nitrogens is 2. The number of hydrogen-bond donors (Lipinski definition) is 2. The highest BCUT2D eigenvalue weighted by atomic mass is 16.3. The van der Waals surface area contributed by atoms with Crippen molar-refractivity contribution in [3.8, 4) is 0 Å². The summed E-state index contributed by atoms with van der Waals surface area (Å²) in [4.78, 5) is 4.11. The molecule has 1 fully saturated rings. The third-order valence-corrected chi connectivity index (χ3v) is 3.12. The normalized spacial score (nSPS) is 20.2. The highest BCUT2D eigenvalue weighted by molar-refractivity contribution is 5.06. The largest absolute Gasteiger partial charge is 0.394 e. The van der Waals surface area contributed by atoms with Gasteiger partial charge in [-0.05, 0) is 19.3 Å². The molecule has 1 aromatic heterocycles. The van der Waals surface area contributed by atoms with Crippen molar-refractivity contribution in [3.63, 3.8) is 0 Å². The van der Waals surface area contributed by atoms with Crippen LogP contribution in [0.1, 0.15) is 44.0 Å². The van der Waals surface area contributed by atoms with Gasteiger partial charge in [-0.15, -0.1) is 0 Å². The summed E-state index contributed by atoms with van der Waals surface area (Å²) in [5.74, 6) is 0.889. The molecule has 84 valence electrons. The summed E-state index contributed by atoms with van der Waals surface area (Å²) in [7, 11) is 0. The molecule has 0 aromatic carbocycles. The summed E-state index contributed by atoms with van der Waals surface area (Å²) in [6.07, 6.45) is 7.49. The van der Waals surface area contributed by atoms with Crippen LogP contribution in [0.3, 0.4) is 0 Å². The third-order valence-electron chi connectivity index (χ3n) is 3.12. The molecule has 2 atom stereocenters. The molecule has 1 aromatic rings. The maximum absolute atomic E-state index is 9.04. The quantitative estimate of drug-likeness (QED) is 0.766. The monoisotopic (exact) mass is 209 g/mol. The number of aliphatic hydroxyl groups excluding tert-OH is 1. The maximum Gasteiger partial charge on any atom is 0.0951 e. The maximum atomic E-state index is 9.04. The predicted octanol–water partition coefficient (Wildman–Crippen LogP) is 1.24. The van der Waals surface area contributed by atoms with Crippen LogP contribution in [0.15, 0.2) is 12.5 Å². The Morgan fingerprint density at radius 2 is 2.40 bits per heavy atom. The van der Waals surface area contributed by atoms with Crippen molar-refractivity contribution < 1.29 is 5.11 Å². The van der Waals surface area contributed by atoms with Gasteiger partial charge in [-0.1, -0.05) is 12.8 Å². The van der Waals surface area contributed by atoms with Gasteiger partial charge in [0.25, 0.3) is 0 Å². The van der Waals surface area contributed by atoms with Crippen LogP contribution in [-0.2, 0) is 0 Å². The smallest absolute Gasteiger partial charge is 0.0951 e. The van der Waals surface area contributed by atoms with E-state index in [0.717, 1.165) is 11.6 Å². The molecular weight excluding hydrogens is 190 g/mol. The first-order valence-corrected chi connectivity index (χ1v) is 5.60. The van der Waals surface area contributed by atoms with Gasteiger partial charge in [-0.2, -0.15) is 0 Å². The molecule has 4 nitrogen and oxygen atoms in total. The van der Waals surface area contributed by atoms with E-state index in [-0.39, 0.29) is 12.6 Å². The van der Waals surface area contributed by atoms with E-state index in [1.54, 1.807) is 6.20 Å². The molecule has 15 heavy (non-hydrogen) atoms. The second-order valence-corrected chi connectivity index (χ2v) is 4.54. The van der Waals surface area contributed by atoms with E-state index < -0.39 is 0 Å². The highest BCUT2D eigenvalue weighted by Gasteiger charge is 2.25. The number of nitrogens with two attached hydrogens (primary N) is 1. The molecule has 2 unspecified atom stereocenters. The van der Waals surface area contributed by atoms with E-state index in [1.807, 2.05) is 6.33 Å². The van der Waals surface area contributed by atoms with Crippen molar-refractivity contribution in [3.05, 3.63) is 18.2 Å². The second kappa shape index (κ2) is 4.33. The van der Waals surface area contributed by atoms with Crippen molar-refractivity contribution in [2.24, 2.45) is 11.7 Å². The second-order valence-electron chi connectivity index (χ2n) is 4.54. The summed E-state index contributed by atoms with van der Waals surface area (Å²) in [6, 6.07) is 0.127. The van der Waals surface area contributed by atoms with Crippen LogP contribution in [0.5, 0.6) is 0 Å². The topological polar surface area (TPSA) is 64.1 Å². The number of rotatable bonds is 5. The Morgan fingerprint density at radius 3 is 3.00 bits per heavy atom. The molecule has 4 heteroatoms. The molecule has 0 aliphatic heterocycles. The minimum atomic E-state index is -0.311. The summed E-state index contributed by atoms with van der Waals surface area (Å²) in [5.41, 5.74) is 6.75. The van der Waals surface area contributed by atoms with Gasteiger partial charge in [0, 0.05) is 12.2 Å². The molecule has 1 aliphatic carbocycles. The number of hydrogen-bond acceptors (Lipinski definition) is 3. The Hall–Kier alpha value is -0.870. The zero-order valence-electron chi connectivity index (χ0n) is 9.13. The fraction of sp³-hybridized carbons (Fsp3) is 0.727. The SMILES string of the molecule is CC(CC1CC1)n1cncc1C(N)CO. The first-order valence-electron chi connectivity index (χ1n) is 5.60. The van der Waals surface area contributed by atoms with Crippen LogP contribution in [-0.4, -0.2) is 21.3 Å². The summed E-state index contributed by atoms with van der Waals surface area (Å²) < 4.78 is 2.10. The molecule has 0 amide bonds. The minimum Gasteiger partial charge on any atom is -0.394 e. The van der Waals surface area contributed by atoms with Crippen molar-refractivity contribution in [2.75, 3.05) is 6.61 Å². The fourth-order valence-corrected chi connectivity index (χ4v) is 2.01. The average Bonchev–Trinajstić information content (AvgIpc) is 2.90. The van der Waals surface area contributed by atoms with E-state index in [2.05, 4.69) is 16.5 Å².